The first-order valence-corrected chi connectivity index (χ1v) is 8.17. The Morgan fingerprint density at radius 3 is 2.55 bits per heavy atom. The first kappa shape index (κ1) is 16.1. The van der Waals surface area contributed by atoms with Crippen molar-refractivity contribution in [3.8, 4) is 0 Å². The number of rotatable bonds is 4. The Kier molecular flexibility index (Phi) is 5.74. The summed E-state index contributed by atoms with van der Waals surface area (Å²) in [6, 6.07) is 6.66. The van der Waals surface area contributed by atoms with Crippen LogP contribution in [-0.2, 0) is 0 Å². The molecule has 1 aromatic carbocycles. The normalized spacial score (nSPS) is 24.9. The lowest BCUT2D eigenvalue weighted by Gasteiger charge is -2.40. The van der Waals surface area contributed by atoms with Crippen LogP contribution in [0.25, 0.3) is 0 Å². The van der Waals surface area contributed by atoms with Crippen molar-refractivity contribution in [2.75, 3.05) is 13.6 Å². The Balaban J connectivity index is 2.19. The molecule has 112 valence electrons. The Labute approximate surface area is 132 Å². The van der Waals surface area contributed by atoms with Gasteiger partial charge in [-0.2, -0.15) is 0 Å². The van der Waals surface area contributed by atoms with E-state index in [9.17, 15) is 0 Å². The molecule has 1 fully saturated rings. The molecule has 1 saturated carbocycles. The largest absolute Gasteiger partial charge is 0.329 e. The summed E-state index contributed by atoms with van der Waals surface area (Å²) in [5, 5.41) is 1.20. The van der Waals surface area contributed by atoms with Gasteiger partial charge in [0.2, 0.25) is 0 Å². The molecule has 0 aliphatic heterocycles. The maximum atomic E-state index is 6.14. The maximum absolute atomic E-state index is 6.14. The third-order valence-corrected chi connectivity index (χ3v) is 5.37. The molecule has 0 saturated heterocycles. The van der Waals surface area contributed by atoms with Crippen molar-refractivity contribution >= 4 is 23.2 Å². The molecule has 4 heteroatoms. The van der Waals surface area contributed by atoms with Crippen LogP contribution < -0.4 is 5.73 Å². The van der Waals surface area contributed by atoms with Crippen LogP contribution in [0.3, 0.4) is 0 Å². The van der Waals surface area contributed by atoms with Crippen molar-refractivity contribution in [1.82, 2.24) is 4.90 Å². The van der Waals surface area contributed by atoms with E-state index < -0.39 is 0 Å². The van der Waals surface area contributed by atoms with Crippen LogP contribution in [0.1, 0.15) is 44.2 Å². The fraction of sp³-hybridized carbons (Fsp3) is 0.625. The second-order valence-corrected chi connectivity index (χ2v) is 6.73. The minimum absolute atomic E-state index is 0.204. The molecular weight excluding hydrogens is 291 g/mol. The van der Waals surface area contributed by atoms with Gasteiger partial charge in [-0.15, -0.1) is 0 Å². The monoisotopic (exact) mass is 314 g/mol. The number of nitrogens with two attached hydrogens (primary N) is 1. The van der Waals surface area contributed by atoms with Gasteiger partial charge in [0.25, 0.3) is 0 Å². The lowest BCUT2D eigenvalue weighted by molar-refractivity contribution is 0.0992. The summed E-state index contributed by atoms with van der Waals surface area (Å²) in [7, 11) is 2.19. The molecule has 0 amide bonds. The van der Waals surface area contributed by atoms with E-state index in [1.807, 2.05) is 18.2 Å². The van der Waals surface area contributed by atoms with Gasteiger partial charge in [-0.3, -0.25) is 4.90 Å². The van der Waals surface area contributed by atoms with E-state index in [4.69, 9.17) is 28.9 Å². The summed E-state index contributed by atoms with van der Waals surface area (Å²) in [5.41, 5.74) is 7.18. The van der Waals surface area contributed by atoms with Gasteiger partial charge in [-0.25, -0.2) is 0 Å². The van der Waals surface area contributed by atoms with Crippen LogP contribution >= 0.6 is 23.2 Å². The zero-order valence-corrected chi connectivity index (χ0v) is 13.8. The molecule has 2 N–H and O–H groups in total. The molecule has 0 bridgehead atoms. The van der Waals surface area contributed by atoms with Crippen LogP contribution in [-0.4, -0.2) is 24.5 Å². The quantitative estimate of drug-likeness (QED) is 0.886. The number of hydrogen-bond acceptors (Lipinski definition) is 2. The van der Waals surface area contributed by atoms with Crippen molar-refractivity contribution in [1.29, 1.82) is 0 Å². The highest BCUT2D eigenvalue weighted by molar-refractivity contribution is 6.42. The van der Waals surface area contributed by atoms with Crippen LogP contribution in [0.2, 0.25) is 10.0 Å². The fourth-order valence-electron chi connectivity index (χ4n) is 3.39. The lowest BCUT2D eigenvalue weighted by Crippen LogP contribution is -2.43. The van der Waals surface area contributed by atoms with Crippen molar-refractivity contribution in [3.05, 3.63) is 33.8 Å². The molecule has 20 heavy (non-hydrogen) atoms. The van der Waals surface area contributed by atoms with Gasteiger partial charge in [0.15, 0.2) is 0 Å². The topological polar surface area (TPSA) is 29.3 Å². The van der Waals surface area contributed by atoms with E-state index >= 15 is 0 Å². The lowest BCUT2D eigenvalue weighted by atomic mass is 9.84. The molecule has 2 rings (SSSR count). The SMILES string of the molecule is CC1CCCCC1N(C)C(CN)c1ccc(Cl)c(Cl)c1. The van der Waals surface area contributed by atoms with Crippen molar-refractivity contribution in [2.45, 2.75) is 44.7 Å². The van der Waals surface area contributed by atoms with Gasteiger partial charge in [0.1, 0.15) is 0 Å². The van der Waals surface area contributed by atoms with Gasteiger partial charge in [-0.1, -0.05) is 49.0 Å². The van der Waals surface area contributed by atoms with Crippen molar-refractivity contribution < 1.29 is 0 Å². The smallest absolute Gasteiger partial charge is 0.0595 e. The molecule has 0 radical (unpaired) electrons. The minimum atomic E-state index is 0.204. The average Bonchev–Trinajstić information content (AvgIpc) is 2.44. The molecule has 0 spiro atoms. The predicted molar refractivity (Wildman–Crippen MR) is 87.4 cm³/mol. The molecule has 3 atom stereocenters. The van der Waals surface area contributed by atoms with E-state index in [1.54, 1.807) is 0 Å². The Morgan fingerprint density at radius 2 is 1.95 bits per heavy atom. The van der Waals surface area contributed by atoms with E-state index in [0.29, 0.717) is 22.6 Å². The molecule has 1 aliphatic rings. The second-order valence-electron chi connectivity index (χ2n) is 5.92. The minimum Gasteiger partial charge on any atom is -0.329 e. The third-order valence-electron chi connectivity index (χ3n) is 4.63. The number of halogens is 2. The average molecular weight is 315 g/mol. The first-order valence-electron chi connectivity index (χ1n) is 7.41. The standard InChI is InChI=1S/C16H24Cl2N2/c1-11-5-3-4-6-15(11)20(2)16(10-19)12-7-8-13(17)14(18)9-12/h7-9,11,15-16H,3-6,10,19H2,1-2H3. The van der Waals surface area contributed by atoms with E-state index in [-0.39, 0.29) is 6.04 Å². The van der Waals surface area contributed by atoms with E-state index in [1.165, 1.54) is 25.7 Å². The Morgan fingerprint density at radius 1 is 1.25 bits per heavy atom. The zero-order valence-electron chi connectivity index (χ0n) is 12.3. The highest BCUT2D eigenvalue weighted by Gasteiger charge is 2.29. The van der Waals surface area contributed by atoms with Gasteiger partial charge in [0, 0.05) is 18.6 Å². The Hall–Kier alpha value is -0.280. The predicted octanol–water partition coefficient (Wildman–Crippen LogP) is 4.50. The number of likely N-dealkylation sites (N-methyl/N-ethyl adjacent to an activating group) is 1. The van der Waals surface area contributed by atoms with Crippen LogP contribution in [0.15, 0.2) is 18.2 Å². The fourth-order valence-corrected chi connectivity index (χ4v) is 3.70. The van der Waals surface area contributed by atoms with Gasteiger partial charge < -0.3 is 5.73 Å². The van der Waals surface area contributed by atoms with Crippen molar-refractivity contribution in [3.63, 3.8) is 0 Å². The second kappa shape index (κ2) is 7.13. The summed E-state index contributed by atoms with van der Waals surface area (Å²) in [5.74, 6) is 0.727. The number of benzene rings is 1. The van der Waals surface area contributed by atoms with Gasteiger partial charge in [-0.05, 0) is 43.5 Å². The molecule has 1 aromatic rings. The summed E-state index contributed by atoms with van der Waals surface area (Å²) >= 11 is 12.1. The first-order chi connectivity index (χ1) is 9.54. The summed E-state index contributed by atoms with van der Waals surface area (Å²) < 4.78 is 0. The zero-order chi connectivity index (χ0) is 14.7. The molecule has 3 unspecified atom stereocenters. The summed E-state index contributed by atoms with van der Waals surface area (Å²) in [6.07, 6.45) is 5.24. The maximum Gasteiger partial charge on any atom is 0.0595 e. The molecule has 0 heterocycles. The number of hydrogen-bond donors (Lipinski definition) is 1. The molecular formula is C16H24Cl2N2. The van der Waals surface area contributed by atoms with Crippen LogP contribution in [0.5, 0.6) is 0 Å². The molecule has 0 aromatic heterocycles. The van der Waals surface area contributed by atoms with Crippen LogP contribution in [0.4, 0.5) is 0 Å². The van der Waals surface area contributed by atoms with E-state index in [0.717, 1.165) is 11.5 Å². The van der Waals surface area contributed by atoms with Crippen molar-refractivity contribution in [2.24, 2.45) is 11.7 Å². The van der Waals surface area contributed by atoms with Crippen LogP contribution in [0, 0.1) is 5.92 Å². The third kappa shape index (κ3) is 3.48. The molecule has 2 nitrogen and oxygen atoms in total. The number of nitrogens with zero attached hydrogens (tertiary/aromatic N) is 1. The van der Waals surface area contributed by atoms with Gasteiger partial charge in [0.05, 0.1) is 10.0 Å². The molecule has 1 aliphatic carbocycles. The summed E-state index contributed by atoms with van der Waals surface area (Å²) in [6.45, 7) is 2.94. The Bertz CT molecular complexity index is 450. The van der Waals surface area contributed by atoms with Gasteiger partial charge >= 0.3 is 0 Å². The highest BCUT2D eigenvalue weighted by Crippen LogP contribution is 2.33. The summed E-state index contributed by atoms with van der Waals surface area (Å²) in [4.78, 5) is 2.43. The highest BCUT2D eigenvalue weighted by atomic mass is 35.5. The van der Waals surface area contributed by atoms with E-state index in [2.05, 4.69) is 18.9 Å².